The molecule has 0 aromatic carbocycles. The number of anilines is 1. The first-order chi connectivity index (χ1) is 15.3. The number of carbonyl (C=O) groups is 2. The molecule has 5 atom stereocenters. The molecule has 0 bridgehead atoms. The molecule has 0 saturated carbocycles. The quantitative estimate of drug-likeness (QED) is 0.228. The van der Waals surface area contributed by atoms with Crippen molar-refractivity contribution in [2.45, 2.75) is 43.1 Å². The number of halogens is 1. The van der Waals surface area contributed by atoms with E-state index in [4.69, 9.17) is 36.0 Å². The molecule has 5 N–H and O–H groups in total. The molecule has 2 saturated heterocycles. The Balaban J connectivity index is 1.55. The lowest BCUT2D eigenvalue weighted by Gasteiger charge is -2.17. The zero-order valence-corrected chi connectivity index (χ0v) is 17.1. The highest BCUT2D eigenvalue weighted by molar-refractivity contribution is 6.28. The standard InChI is InChI=1S/C17H20ClN5O9/c18-17-21-12(20-6-1-2-30-3-6)8-13(22-17)23(5-19-8)14-10(25)9(24)7(32-14)4-31-11(15(26)27)16(28)29/h5-7,9-11,14,24-25H,1-4H2,(H,26,27)(H,28,29)(H,20,21,22)/t6?,7-,9-,10-,14-/m1/s1. The summed E-state index contributed by atoms with van der Waals surface area (Å²) in [5.41, 5.74) is 0.571. The predicted octanol–water partition coefficient (Wildman–Crippen LogP) is -1.15. The summed E-state index contributed by atoms with van der Waals surface area (Å²) in [5.74, 6) is -3.05. The molecule has 0 spiro atoms. The van der Waals surface area contributed by atoms with E-state index in [1.807, 2.05) is 0 Å². The fourth-order valence-corrected chi connectivity index (χ4v) is 3.72. The third kappa shape index (κ3) is 4.32. The van der Waals surface area contributed by atoms with E-state index >= 15 is 0 Å². The number of hydrogen-bond acceptors (Lipinski definition) is 11. The maximum absolute atomic E-state index is 11.0. The Morgan fingerprint density at radius 3 is 2.69 bits per heavy atom. The number of rotatable bonds is 8. The number of hydrogen-bond donors (Lipinski definition) is 5. The van der Waals surface area contributed by atoms with Gasteiger partial charge < -0.3 is 40.0 Å². The summed E-state index contributed by atoms with van der Waals surface area (Å²) < 4.78 is 17.2. The number of aliphatic carboxylic acids is 2. The van der Waals surface area contributed by atoms with Gasteiger partial charge in [-0.15, -0.1) is 0 Å². The number of aromatic nitrogens is 4. The molecule has 15 heteroatoms. The van der Waals surface area contributed by atoms with Crippen LogP contribution in [0.1, 0.15) is 12.6 Å². The summed E-state index contributed by atoms with van der Waals surface area (Å²) in [6.45, 7) is 0.521. The highest BCUT2D eigenvalue weighted by Gasteiger charge is 2.45. The molecule has 4 rings (SSSR count). The van der Waals surface area contributed by atoms with Crippen molar-refractivity contribution in [1.29, 1.82) is 0 Å². The van der Waals surface area contributed by atoms with Crippen LogP contribution in [-0.2, 0) is 23.8 Å². The van der Waals surface area contributed by atoms with Gasteiger partial charge in [0.1, 0.15) is 18.3 Å². The number of aliphatic hydroxyl groups is 2. The van der Waals surface area contributed by atoms with Crippen LogP contribution in [0.5, 0.6) is 0 Å². The smallest absolute Gasteiger partial charge is 0.344 e. The van der Waals surface area contributed by atoms with Crippen molar-refractivity contribution in [3.05, 3.63) is 11.6 Å². The van der Waals surface area contributed by atoms with E-state index in [1.165, 1.54) is 10.9 Å². The zero-order chi connectivity index (χ0) is 23.0. The van der Waals surface area contributed by atoms with Crippen molar-refractivity contribution in [2.24, 2.45) is 0 Å². The van der Waals surface area contributed by atoms with Crippen LogP contribution in [0.15, 0.2) is 6.33 Å². The van der Waals surface area contributed by atoms with Gasteiger partial charge in [0.05, 0.1) is 25.6 Å². The van der Waals surface area contributed by atoms with Crippen molar-refractivity contribution in [2.75, 3.05) is 25.1 Å². The second kappa shape index (κ2) is 9.09. The minimum absolute atomic E-state index is 0.0161. The third-order valence-electron chi connectivity index (χ3n) is 5.15. The van der Waals surface area contributed by atoms with Gasteiger partial charge in [-0.25, -0.2) is 14.6 Å². The predicted molar refractivity (Wildman–Crippen MR) is 104 cm³/mol. The van der Waals surface area contributed by atoms with Gasteiger partial charge >= 0.3 is 11.9 Å². The first kappa shape index (κ1) is 22.6. The third-order valence-corrected chi connectivity index (χ3v) is 5.32. The number of carboxylic acid groups (broad SMARTS) is 2. The molecule has 2 fully saturated rings. The Morgan fingerprint density at radius 2 is 2.03 bits per heavy atom. The lowest BCUT2D eigenvalue weighted by molar-refractivity contribution is -0.170. The monoisotopic (exact) mass is 473 g/mol. The number of imidazole rings is 1. The molecular weight excluding hydrogens is 454 g/mol. The van der Waals surface area contributed by atoms with Crippen LogP contribution >= 0.6 is 11.6 Å². The van der Waals surface area contributed by atoms with Crippen molar-refractivity contribution in [3.63, 3.8) is 0 Å². The van der Waals surface area contributed by atoms with E-state index in [9.17, 15) is 19.8 Å². The van der Waals surface area contributed by atoms with Crippen LogP contribution in [-0.4, -0.2) is 102 Å². The Bertz CT molecular complexity index is 1000. The zero-order valence-electron chi connectivity index (χ0n) is 16.4. The topological polar surface area (TPSA) is 198 Å². The number of carboxylic acids is 2. The van der Waals surface area contributed by atoms with E-state index in [1.54, 1.807) is 0 Å². The van der Waals surface area contributed by atoms with E-state index < -0.39 is 49.2 Å². The summed E-state index contributed by atoms with van der Waals surface area (Å²) in [6.07, 6.45) is -5.39. The van der Waals surface area contributed by atoms with Gasteiger partial charge in [0.25, 0.3) is 6.10 Å². The molecule has 2 aliphatic heterocycles. The van der Waals surface area contributed by atoms with Gasteiger partial charge in [-0.05, 0) is 18.0 Å². The fraction of sp³-hybridized carbons (Fsp3) is 0.588. The molecular formula is C17H20ClN5O9. The van der Waals surface area contributed by atoms with Crippen LogP contribution in [0.25, 0.3) is 11.2 Å². The van der Waals surface area contributed by atoms with Crippen molar-refractivity contribution in [3.8, 4) is 0 Å². The Kier molecular flexibility index (Phi) is 6.41. The highest BCUT2D eigenvalue weighted by atomic mass is 35.5. The largest absolute Gasteiger partial charge is 0.479 e. The summed E-state index contributed by atoms with van der Waals surface area (Å²) in [5, 5.41) is 41.7. The first-order valence-corrected chi connectivity index (χ1v) is 9.97. The molecule has 2 aromatic rings. The molecule has 0 radical (unpaired) electrons. The molecule has 2 aliphatic rings. The number of fused-ring (bicyclic) bond motifs is 1. The van der Waals surface area contributed by atoms with Gasteiger partial charge in [-0.1, -0.05) is 0 Å². The molecule has 1 unspecified atom stereocenters. The molecule has 0 aliphatic carbocycles. The second-order valence-electron chi connectivity index (χ2n) is 7.31. The lowest BCUT2D eigenvalue weighted by atomic mass is 10.1. The van der Waals surface area contributed by atoms with Crippen LogP contribution in [0.4, 0.5) is 5.82 Å². The molecule has 174 valence electrons. The molecule has 2 aromatic heterocycles. The van der Waals surface area contributed by atoms with Gasteiger partial charge in [-0.3, -0.25) is 4.57 Å². The van der Waals surface area contributed by atoms with Gasteiger partial charge in [0, 0.05) is 6.61 Å². The van der Waals surface area contributed by atoms with Crippen LogP contribution in [0, 0.1) is 0 Å². The highest BCUT2D eigenvalue weighted by Crippen LogP contribution is 2.33. The van der Waals surface area contributed by atoms with Crippen LogP contribution < -0.4 is 5.32 Å². The summed E-state index contributed by atoms with van der Waals surface area (Å²) in [4.78, 5) is 34.5. The Hall–Kier alpha value is -2.62. The molecule has 4 heterocycles. The fourth-order valence-electron chi connectivity index (χ4n) is 3.55. The van der Waals surface area contributed by atoms with Gasteiger partial charge in [0.2, 0.25) is 5.28 Å². The summed E-state index contributed by atoms with van der Waals surface area (Å²) in [6, 6.07) is 0.0161. The average Bonchev–Trinajstić information content (AvgIpc) is 3.44. The normalized spacial score (nSPS) is 27.9. The van der Waals surface area contributed by atoms with E-state index in [0.717, 1.165) is 6.42 Å². The maximum Gasteiger partial charge on any atom is 0.344 e. The molecule has 14 nitrogen and oxygen atoms in total. The van der Waals surface area contributed by atoms with Gasteiger partial charge in [-0.2, -0.15) is 9.97 Å². The van der Waals surface area contributed by atoms with Crippen LogP contribution in [0.3, 0.4) is 0 Å². The molecule has 32 heavy (non-hydrogen) atoms. The average molecular weight is 474 g/mol. The summed E-state index contributed by atoms with van der Waals surface area (Å²) in [7, 11) is 0. The number of nitrogens with zero attached hydrogens (tertiary/aromatic N) is 4. The number of aliphatic hydroxyl groups excluding tert-OH is 2. The van der Waals surface area contributed by atoms with Gasteiger partial charge in [0.15, 0.2) is 23.2 Å². The Morgan fingerprint density at radius 1 is 1.28 bits per heavy atom. The minimum atomic E-state index is -2.14. The van der Waals surface area contributed by atoms with Crippen molar-refractivity contribution in [1.82, 2.24) is 19.5 Å². The van der Waals surface area contributed by atoms with Crippen molar-refractivity contribution < 1.29 is 44.2 Å². The first-order valence-electron chi connectivity index (χ1n) is 9.59. The van der Waals surface area contributed by atoms with E-state index in [0.29, 0.717) is 24.5 Å². The van der Waals surface area contributed by atoms with Crippen molar-refractivity contribution >= 4 is 40.5 Å². The maximum atomic E-state index is 11.0. The van der Waals surface area contributed by atoms with Crippen LogP contribution in [0.2, 0.25) is 5.28 Å². The number of ether oxygens (including phenoxy) is 3. The second-order valence-corrected chi connectivity index (χ2v) is 7.64. The number of nitrogens with one attached hydrogen (secondary N) is 1. The molecule has 0 amide bonds. The lowest BCUT2D eigenvalue weighted by Crippen LogP contribution is -2.39. The van der Waals surface area contributed by atoms with E-state index in [2.05, 4.69) is 20.3 Å². The SMILES string of the molecule is O=C(O)C(OC[C@H]1O[C@@H](n2cnc3c(NC4CCOC4)nc(Cl)nc32)[C@H](O)[C@@H]1O)C(=O)O. The van der Waals surface area contributed by atoms with E-state index in [-0.39, 0.29) is 17.0 Å². The Labute approximate surface area is 184 Å². The minimum Gasteiger partial charge on any atom is -0.479 e. The summed E-state index contributed by atoms with van der Waals surface area (Å²) >= 11 is 6.06.